The summed E-state index contributed by atoms with van der Waals surface area (Å²) in [4.78, 5) is 15.3. The molecule has 1 heterocycles. The van der Waals surface area contributed by atoms with E-state index in [0.29, 0.717) is 24.4 Å². The second kappa shape index (κ2) is 5.73. The van der Waals surface area contributed by atoms with Gasteiger partial charge in [-0.2, -0.15) is 0 Å². The summed E-state index contributed by atoms with van der Waals surface area (Å²) >= 11 is 5.87. The van der Waals surface area contributed by atoms with Crippen LogP contribution >= 0.6 is 11.6 Å². The van der Waals surface area contributed by atoms with E-state index in [9.17, 15) is 4.79 Å². The fourth-order valence-electron chi connectivity index (χ4n) is 1.11. The molecule has 0 bridgehead atoms. The summed E-state index contributed by atoms with van der Waals surface area (Å²) in [6.45, 7) is 0.710. The van der Waals surface area contributed by atoms with Crippen LogP contribution in [-0.4, -0.2) is 24.4 Å². The van der Waals surface area contributed by atoms with Gasteiger partial charge in [0, 0.05) is 31.8 Å². The number of nitrogens with zero attached hydrogens (tertiary/aromatic N) is 1. The molecule has 4 heteroatoms. The molecule has 0 aliphatic carbocycles. The molecule has 0 aliphatic rings. The maximum Gasteiger partial charge on any atom is 0.138 e. The molecule has 0 radical (unpaired) electrons. The molecule has 3 nitrogen and oxygen atoms in total. The lowest BCUT2D eigenvalue weighted by molar-refractivity contribution is -0.118. The Kier molecular flexibility index (Phi) is 4.56. The number of carbonyl (C=O) groups excluding carboxylic acids is 1. The number of rotatable bonds is 5. The zero-order chi connectivity index (χ0) is 10.4. The molecule has 0 atom stereocenters. The largest absolute Gasteiger partial charge is 0.319 e. The van der Waals surface area contributed by atoms with Gasteiger partial charge in [0.2, 0.25) is 0 Å². The first-order chi connectivity index (χ1) is 6.74. The van der Waals surface area contributed by atoms with Crippen molar-refractivity contribution in [2.45, 2.75) is 12.8 Å². The highest BCUT2D eigenvalue weighted by atomic mass is 35.5. The van der Waals surface area contributed by atoms with Crippen molar-refractivity contribution in [1.82, 2.24) is 10.3 Å². The van der Waals surface area contributed by atoms with Gasteiger partial charge < -0.3 is 5.32 Å². The van der Waals surface area contributed by atoms with Crippen molar-refractivity contribution in [2.75, 3.05) is 13.6 Å². The Morgan fingerprint density at radius 2 is 2.43 bits per heavy atom. The van der Waals surface area contributed by atoms with Crippen LogP contribution in [0.1, 0.15) is 12.0 Å². The van der Waals surface area contributed by atoms with E-state index >= 15 is 0 Å². The van der Waals surface area contributed by atoms with Gasteiger partial charge in [0.15, 0.2) is 0 Å². The van der Waals surface area contributed by atoms with Gasteiger partial charge in [-0.3, -0.25) is 9.78 Å². The third kappa shape index (κ3) is 3.44. The lowest BCUT2D eigenvalue weighted by atomic mass is 10.1. The highest BCUT2D eigenvalue weighted by molar-refractivity contribution is 6.31. The summed E-state index contributed by atoms with van der Waals surface area (Å²) in [6.07, 6.45) is 4.13. The van der Waals surface area contributed by atoms with Gasteiger partial charge in [-0.15, -0.1) is 0 Å². The average molecular weight is 213 g/mol. The van der Waals surface area contributed by atoms with Crippen LogP contribution in [-0.2, 0) is 11.2 Å². The molecule has 0 spiro atoms. The summed E-state index contributed by atoms with van der Waals surface area (Å²) in [5.74, 6) is 0.187. The fraction of sp³-hybridized carbons (Fsp3) is 0.400. The lowest BCUT2D eigenvalue weighted by Gasteiger charge is -2.02. The lowest BCUT2D eigenvalue weighted by Crippen LogP contribution is -2.14. The van der Waals surface area contributed by atoms with E-state index in [1.165, 1.54) is 0 Å². The number of aromatic nitrogens is 1. The number of ketones is 1. The summed E-state index contributed by atoms with van der Waals surface area (Å²) < 4.78 is 0. The van der Waals surface area contributed by atoms with Crippen LogP contribution in [0, 0.1) is 0 Å². The highest BCUT2D eigenvalue weighted by Gasteiger charge is 2.05. The van der Waals surface area contributed by atoms with E-state index in [1.54, 1.807) is 18.5 Å². The number of carbonyl (C=O) groups is 1. The topological polar surface area (TPSA) is 42.0 Å². The van der Waals surface area contributed by atoms with Gasteiger partial charge in [-0.1, -0.05) is 11.6 Å². The number of Topliss-reactive ketones (excluding diaryl/α,β-unsaturated/α-hetero) is 1. The third-order valence-corrected chi connectivity index (χ3v) is 2.24. The zero-order valence-corrected chi connectivity index (χ0v) is 8.84. The monoisotopic (exact) mass is 212 g/mol. The Bertz CT molecular complexity index is 315. The van der Waals surface area contributed by atoms with Crippen molar-refractivity contribution in [2.24, 2.45) is 0 Å². The molecule has 1 rings (SSSR count). The molecule has 0 saturated heterocycles. The predicted molar refractivity (Wildman–Crippen MR) is 56.5 cm³/mol. The number of halogens is 1. The molecule has 1 aromatic heterocycles. The summed E-state index contributed by atoms with van der Waals surface area (Å²) in [5, 5.41) is 3.49. The van der Waals surface area contributed by atoms with E-state index in [2.05, 4.69) is 10.3 Å². The fourth-order valence-corrected chi connectivity index (χ4v) is 1.30. The van der Waals surface area contributed by atoms with E-state index in [0.717, 1.165) is 5.56 Å². The first-order valence-corrected chi connectivity index (χ1v) is 4.86. The molecule has 0 saturated carbocycles. The summed E-state index contributed by atoms with van der Waals surface area (Å²) in [5.41, 5.74) is 0.850. The summed E-state index contributed by atoms with van der Waals surface area (Å²) in [6, 6.07) is 1.78. The smallest absolute Gasteiger partial charge is 0.138 e. The van der Waals surface area contributed by atoms with Crippen molar-refractivity contribution in [3.8, 4) is 0 Å². The molecule has 1 N–H and O–H groups in total. The normalized spacial score (nSPS) is 10.1. The van der Waals surface area contributed by atoms with Crippen molar-refractivity contribution >= 4 is 17.4 Å². The Morgan fingerprint density at radius 1 is 1.64 bits per heavy atom. The first-order valence-electron chi connectivity index (χ1n) is 4.48. The van der Waals surface area contributed by atoms with E-state index in [1.807, 2.05) is 7.05 Å². The maximum atomic E-state index is 11.4. The standard InChI is InChI=1S/C10H13ClN2O/c1-12-4-3-9(14)6-8-2-5-13-7-10(8)11/h2,5,7,12H,3-4,6H2,1H3. The first kappa shape index (κ1) is 11.1. The van der Waals surface area contributed by atoms with Crippen LogP contribution in [0.25, 0.3) is 0 Å². The van der Waals surface area contributed by atoms with Crippen LogP contribution in [0.15, 0.2) is 18.5 Å². The van der Waals surface area contributed by atoms with Crippen LogP contribution in [0.3, 0.4) is 0 Å². The van der Waals surface area contributed by atoms with Gasteiger partial charge in [0.25, 0.3) is 0 Å². The Hall–Kier alpha value is -0.930. The molecule has 0 fully saturated rings. The highest BCUT2D eigenvalue weighted by Crippen LogP contribution is 2.14. The molecule has 1 aromatic rings. The SMILES string of the molecule is CNCCC(=O)Cc1ccncc1Cl. The van der Waals surface area contributed by atoms with Crippen LogP contribution in [0.5, 0.6) is 0 Å². The minimum atomic E-state index is 0.187. The van der Waals surface area contributed by atoms with Crippen LogP contribution in [0.4, 0.5) is 0 Å². The molecule has 0 unspecified atom stereocenters. The second-order valence-corrected chi connectivity index (χ2v) is 3.44. The molecule has 0 aliphatic heterocycles. The molecular formula is C10H13ClN2O. The Morgan fingerprint density at radius 3 is 3.07 bits per heavy atom. The number of nitrogens with one attached hydrogen (secondary N) is 1. The van der Waals surface area contributed by atoms with E-state index in [4.69, 9.17) is 11.6 Å². The molecule has 14 heavy (non-hydrogen) atoms. The number of hydrogen-bond acceptors (Lipinski definition) is 3. The van der Waals surface area contributed by atoms with Crippen molar-refractivity contribution in [3.05, 3.63) is 29.0 Å². The Balaban J connectivity index is 2.52. The van der Waals surface area contributed by atoms with Gasteiger partial charge in [-0.05, 0) is 18.7 Å². The minimum absolute atomic E-state index is 0.187. The molecule has 0 aromatic carbocycles. The molecule has 0 amide bonds. The quantitative estimate of drug-likeness (QED) is 0.804. The number of pyridine rings is 1. The summed E-state index contributed by atoms with van der Waals surface area (Å²) in [7, 11) is 1.83. The minimum Gasteiger partial charge on any atom is -0.319 e. The van der Waals surface area contributed by atoms with E-state index in [-0.39, 0.29) is 5.78 Å². The van der Waals surface area contributed by atoms with Crippen molar-refractivity contribution in [3.63, 3.8) is 0 Å². The third-order valence-electron chi connectivity index (χ3n) is 1.90. The maximum absolute atomic E-state index is 11.4. The van der Waals surface area contributed by atoms with Gasteiger partial charge in [0.05, 0.1) is 5.02 Å². The van der Waals surface area contributed by atoms with Gasteiger partial charge >= 0.3 is 0 Å². The van der Waals surface area contributed by atoms with Crippen LogP contribution < -0.4 is 5.32 Å². The van der Waals surface area contributed by atoms with E-state index < -0.39 is 0 Å². The second-order valence-electron chi connectivity index (χ2n) is 3.04. The predicted octanol–water partition coefficient (Wildman–Crippen LogP) is 1.46. The molecule has 76 valence electrons. The van der Waals surface area contributed by atoms with Gasteiger partial charge in [-0.25, -0.2) is 0 Å². The zero-order valence-electron chi connectivity index (χ0n) is 8.09. The number of hydrogen-bond donors (Lipinski definition) is 1. The van der Waals surface area contributed by atoms with Gasteiger partial charge in [0.1, 0.15) is 5.78 Å². The molecular weight excluding hydrogens is 200 g/mol. The van der Waals surface area contributed by atoms with Crippen LogP contribution in [0.2, 0.25) is 5.02 Å². The average Bonchev–Trinajstić information content (AvgIpc) is 2.18. The van der Waals surface area contributed by atoms with Crippen molar-refractivity contribution < 1.29 is 4.79 Å². The Labute approximate surface area is 88.5 Å². The van der Waals surface area contributed by atoms with Crippen molar-refractivity contribution in [1.29, 1.82) is 0 Å².